The van der Waals surface area contributed by atoms with Crippen molar-refractivity contribution in [3.63, 3.8) is 0 Å². The molecule has 5 aliphatic rings. The molecule has 164 valence electrons. The van der Waals surface area contributed by atoms with Crippen LogP contribution in [0.15, 0.2) is 0 Å². The summed E-state index contributed by atoms with van der Waals surface area (Å²) >= 11 is 0. The van der Waals surface area contributed by atoms with Gasteiger partial charge in [-0.25, -0.2) is 0 Å². The van der Waals surface area contributed by atoms with Gasteiger partial charge in [-0.05, 0) is 99.7 Å². The van der Waals surface area contributed by atoms with Gasteiger partial charge in [-0.1, -0.05) is 13.8 Å². The average Bonchev–Trinajstić information content (AvgIpc) is 2.93. The van der Waals surface area contributed by atoms with E-state index in [2.05, 4.69) is 27.7 Å². The van der Waals surface area contributed by atoms with Crippen LogP contribution in [0.4, 0.5) is 0 Å². The number of hydrogen-bond acceptors (Lipinski definition) is 4. The van der Waals surface area contributed by atoms with Crippen molar-refractivity contribution in [3.05, 3.63) is 0 Å². The summed E-state index contributed by atoms with van der Waals surface area (Å²) in [5, 5.41) is 0. The number of hydrogen-bond donors (Lipinski definition) is 0. The summed E-state index contributed by atoms with van der Waals surface area (Å²) in [6.45, 7) is 11.7. The molecule has 0 aromatic carbocycles. The van der Waals surface area contributed by atoms with E-state index in [4.69, 9.17) is 14.2 Å². The molecule has 4 aliphatic carbocycles. The molecular formula is C25H40O4. The first-order valence-corrected chi connectivity index (χ1v) is 12.1. The van der Waals surface area contributed by atoms with Gasteiger partial charge in [0.15, 0.2) is 5.79 Å². The predicted molar refractivity (Wildman–Crippen MR) is 111 cm³/mol. The van der Waals surface area contributed by atoms with Gasteiger partial charge in [0.1, 0.15) is 6.10 Å². The second-order valence-corrected chi connectivity index (χ2v) is 12.0. The molecule has 9 atom stereocenters. The minimum Gasteiger partial charge on any atom is -0.463 e. The highest BCUT2D eigenvalue weighted by Gasteiger charge is 2.64. The van der Waals surface area contributed by atoms with E-state index >= 15 is 0 Å². The molecule has 4 heteroatoms. The van der Waals surface area contributed by atoms with Crippen molar-refractivity contribution in [1.82, 2.24) is 0 Å². The number of esters is 1. The Kier molecular flexibility index (Phi) is 4.68. The molecular weight excluding hydrogens is 364 g/mol. The van der Waals surface area contributed by atoms with E-state index in [0.717, 1.165) is 37.2 Å². The van der Waals surface area contributed by atoms with Gasteiger partial charge in [-0.2, -0.15) is 0 Å². The molecule has 0 amide bonds. The van der Waals surface area contributed by atoms with Gasteiger partial charge in [-0.3, -0.25) is 4.79 Å². The van der Waals surface area contributed by atoms with Crippen LogP contribution in [0.25, 0.3) is 0 Å². The van der Waals surface area contributed by atoms with E-state index in [1.54, 1.807) is 6.92 Å². The summed E-state index contributed by atoms with van der Waals surface area (Å²) in [5.41, 5.74) is 0.732. The van der Waals surface area contributed by atoms with E-state index in [0.29, 0.717) is 28.8 Å². The molecule has 1 saturated heterocycles. The molecule has 4 nitrogen and oxygen atoms in total. The first kappa shape index (κ1) is 20.3. The normalized spacial score (nSPS) is 53.2. The average molecular weight is 405 g/mol. The number of fused-ring (bicyclic) bond motifs is 7. The number of ether oxygens (including phenoxy) is 3. The molecule has 1 aliphatic heterocycles. The van der Waals surface area contributed by atoms with Crippen LogP contribution in [0.5, 0.6) is 0 Å². The van der Waals surface area contributed by atoms with E-state index in [9.17, 15) is 4.79 Å². The second kappa shape index (κ2) is 6.69. The Morgan fingerprint density at radius 2 is 1.69 bits per heavy atom. The Bertz CT molecular complexity index is 674. The lowest BCUT2D eigenvalue weighted by Crippen LogP contribution is -2.56. The molecule has 4 saturated carbocycles. The highest BCUT2D eigenvalue weighted by atomic mass is 16.7. The fraction of sp³-hybridized carbons (Fsp3) is 0.960. The molecule has 5 fully saturated rings. The van der Waals surface area contributed by atoms with Crippen molar-refractivity contribution in [3.8, 4) is 0 Å². The van der Waals surface area contributed by atoms with Crippen LogP contribution >= 0.6 is 0 Å². The second-order valence-electron chi connectivity index (χ2n) is 12.0. The molecule has 0 radical (unpaired) electrons. The van der Waals surface area contributed by atoms with Crippen LogP contribution in [-0.4, -0.2) is 30.6 Å². The maximum Gasteiger partial charge on any atom is 0.302 e. The summed E-state index contributed by atoms with van der Waals surface area (Å²) in [4.78, 5) is 11.5. The fourth-order valence-corrected chi connectivity index (χ4v) is 8.73. The van der Waals surface area contributed by atoms with Crippen molar-refractivity contribution in [2.75, 3.05) is 6.61 Å². The zero-order valence-electron chi connectivity index (χ0n) is 19.0. The molecule has 5 rings (SSSR count). The van der Waals surface area contributed by atoms with Crippen molar-refractivity contribution >= 4 is 5.97 Å². The summed E-state index contributed by atoms with van der Waals surface area (Å²) in [6, 6.07) is 0. The molecule has 0 N–H and O–H groups in total. The minimum absolute atomic E-state index is 0.112. The van der Waals surface area contributed by atoms with Crippen molar-refractivity contribution in [2.45, 2.75) is 104 Å². The lowest BCUT2D eigenvalue weighted by atomic mass is 9.45. The van der Waals surface area contributed by atoms with Crippen LogP contribution < -0.4 is 0 Å². The van der Waals surface area contributed by atoms with E-state index in [1.807, 2.05) is 0 Å². The van der Waals surface area contributed by atoms with Crippen LogP contribution in [0, 0.1) is 40.4 Å². The Labute approximate surface area is 176 Å². The van der Waals surface area contributed by atoms with E-state index < -0.39 is 5.79 Å². The van der Waals surface area contributed by atoms with Gasteiger partial charge in [-0.15, -0.1) is 0 Å². The molecule has 0 spiro atoms. The zero-order valence-corrected chi connectivity index (χ0v) is 19.0. The molecule has 29 heavy (non-hydrogen) atoms. The fourth-order valence-electron chi connectivity index (χ4n) is 8.73. The van der Waals surface area contributed by atoms with Crippen LogP contribution in [0.2, 0.25) is 0 Å². The molecule has 1 heterocycles. The third-order valence-corrected chi connectivity index (χ3v) is 10.1. The molecule has 0 bridgehead atoms. The van der Waals surface area contributed by atoms with Crippen LogP contribution in [0.1, 0.15) is 86.0 Å². The summed E-state index contributed by atoms with van der Waals surface area (Å²) in [6.07, 6.45) is 10.4. The lowest BCUT2D eigenvalue weighted by Gasteiger charge is -2.61. The lowest BCUT2D eigenvalue weighted by molar-refractivity contribution is -0.306. The van der Waals surface area contributed by atoms with Gasteiger partial charge in [0, 0.05) is 12.8 Å². The Morgan fingerprint density at radius 1 is 0.931 bits per heavy atom. The molecule has 0 aromatic rings. The number of rotatable bonds is 1. The van der Waals surface area contributed by atoms with E-state index in [1.165, 1.54) is 38.5 Å². The highest BCUT2D eigenvalue weighted by molar-refractivity contribution is 5.66. The van der Waals surface area contributed by atoms with Crippen LogP contribution in [-0.2, 0) is 19.0 Å². The Hall–Kier alpha value is -0.610. The first-order chi connectivity index (χ1) is 13.6. The maximum atomic E-state index is 11.5. The molecule has 0 aromatic heterocycles. The highest BCUT2D eigenvalue weighted by Crippen LogP contribution is 2.68. The SMILES string of the molecule is CC(=O)O[C@H]1CC[C@@]2(C)[C@@H](CC[C@@H]3[C@@H]2CC[C@@]2(C)[C@H]3C[C@@H]3COC(C)(C)O[C@@H]32)C1. The standard InChI is InChI=1S/C25H40O4/c1-15(26)28-18-8-10-24(4)17(13-18)6-7-19-20(24)9-11-25(5)21(19)12-16-14-27-23(2,3)29-22(16)25/h16-22H,6-14H2,1-5H3/t16-,17+,18+,19-,20+,21+,22+,24+,25+/m1/s1. The Balaban J connectivity index is 1.36. The topological polar surface area (TPSA) is 44.8 Å². The smallest absolute Gasteiger partial charge is 0.302 e. The quantitative estimate of drug-likeness (QED) is 0.554. The summed E-state index contributed by atoms with van der Waals surface area (Å²) in [7, 11) is 0. The first-order valence-electron chi connectivity index (χ1n) is 12.1. The number of carbonyl (C=O) groups is 1. The monoisotopic (exact) mass is 404 g/mol. The summed E-state index contributed by atoms with van der Waals surface area (Å²) in [5.74, 6) is 3.17. The largest absolute Gasteiger partial charge is 0.463 e. The maximum absolute atomic E-state index is 11.5. The third kappa shape index (κ3) is 3.11. The van der Waals surface area contributed by atoms with E-state index in [-0.39, 0.29) is 12.1 Å². The van der Waals surface area contributed by atoms with Gasteiger partial charge in [0.05, 0.1) is 12.7 Å². The third-order valence-electron chi connectivity index (χ3n) is 10.1. The zero-order chi connectivity index (χ0) is 20.6. The predicted octanol–water partition coefficient (Wildman–Crippen LogP) is 5.34. The summed E-state index contributed by atoms with van der Waals surface area (Å²) < 4.78 is 18.2. The van der Waals surface area contributed by atoms with Crippen LogP contribution in [0.3, 0.4) is 0 Å². The molecule has 0 unspecified atom stereocenters. The van der Waals surface area contributed by atoms with Gasteiger partial charge in [0.2, 0.25) is 0 Å². The minimum atomic E-state index is -0.436. The van der Waals surface area contributed by atoms with Crippen molar-refractivity contribution < 1.29 is 19.0 Å². The van der Waals surface area contributed by atoms with Crippen molar-refractivity contribution in [2.24, 2.45) is 40.4 Å². The van der Waals surface area contributed by atoms with Gasteiger partial charge >= 0.3 is 5.97 Å². The number of carbonyl (C=O) groups excluding carboxylic acids is 1. The van der Waals surface area contributed by atoms with Gasteiger partial charge < -0.3 is 14.2 Å². The van der Waals surface area contributed by atoms with Gasteiger partial charge in [0.25, 0.3) is 0 Å². The van der Waals surface area contributed by atoms with Crippen molar-refractivity contribution in [1.29, 1.82) is 0 Å². The Morgan fingerprint density at radius 3 is 2.45 bits per heavy atom.